The van der Waals surface area contributed by atoms with Crippen LogP contribution in [0.5, 0.6) is 11.5 Å². The number of aromatic hydroxyl groups is 1. The highest BCUT2D eigenvalue weighted by molar-refractivity contribution is 5.69. The van der Waals surface area contributed by atoms with Crippen molar-refractivity contribution in [2.24, 2.45) is 0 Å². The van der Waals surface area contributed by atoms with Crippen LogP contribution in [0.4, 0.5) is 0 Å². The number of hydrogen-bond donors (Lipinski definition) is 1. The van der Waals surface area contributed by atoms with E-state index in [1.165, 1.54) is 7.11 Å². The van der Waals surface area contributed by atoms with Gasteiger partial charge in [-0.1, -0.05) is 18.2 Å². The largest absolute Gasteiger partial charge is 0.504 e. The molecule has 3 heteroatoms. The Morgan fingerprint density at radius 2 is 2.06 bits per heavy atom. The number of rotatable bonds is 3. The second-order valence-corrected chi connectivity index (χ2v) is 3.52. The molecule has 0 saturated carbocycles. The summed E-state index contributed by atoms with van der Waals surface area (Å²) < 4.78 is 5.04. The molecule has 17 heavy (non-hydrogen) atoms. The quantitative estimate of drug-likeness (QED) is 0.876. The Hall–Kier alpha value is -2.29. The number of pyridine rings is 1. The number of ether oxygens (including phenoxy) is 1. The molecular formula is C14H13NO2. The molecule has 2 rings (SSSR count). The molecule has 0 atom stereocenters. The Morgan fingerprint density at radius 3 is 2.76 bits per heavy atom. The maximum atomic E-state index is 9.46. The smallest absolute Gasteiger partial charge is 0.161 e. The SMILES string of the molecule is COc1cc(C=Cc2ccccn2)ccc1O. The average Bonchev–Trinajstić information content (AvgIpc) is 2.39. The van der Waals surface area contributed by atoms with Crippen LogP contribution in [0.15, 0.2) is 42.6 Å². The van der Waals surface area contributed by atoms with E-state index in [0.717, 1.165) is 11.3 Å². The topological polar surface area (TPSA) is 42.4 Å². The molecule has 0 aliphatic carbocycles. The standard InChI is InChI=1S/C14H13NO2/c1-17-14-10-11(6-8-13(14)16)5-7-12-4-2-3-9-15-12/h2-10,16H,1H3. The number of hydrogen-bond acceptors (Lipinski definition) is 3. The van der Waals surface area contributed by atoms with Crippen LogP contribution in [0.3, 0.4) is 0 Å². The Labute approximate surface area is 100 Å². The number of aromatic nitrogens is 1. The van der Waals surface area contributed by atoms with Gasteiger partial charge in [0.05, 0.1) is 12.8 Å². The van der Waals surface area contributed by atoms with Crippen molar-refractivity contribution in [1.29, 1.82) is 0 Å². The molecule has 1 aromatic carbocycles. The van der Waals surface area contributed by atoms with Crippen molar-refractivity contribution >= 4 is 12.2 Å². The van der Waals surface area contributed by atoms with Crippen LogP contribution in [-0.2, 0) is 0 Å². The van der Waals surface area contributed by atoms with Gasteiger partial charge in [0.2, 0.25) is 0 Å². The van der Waals surface area contributed by atoms with Crippen LogP contribution >= 0.6 is 0 Å². The molecule has 0 radical (unpaired) electrons. The lowest BCUT2D eigenvalue weighted by Crippen LogP contribution is -1.84. The molecule has 3 nitrogen and oxygen atoms in total. The van der Waals surface area contributed by atoms with Gasteiger partial charge in [-0.05, 0) is 35.9 Å². The first-order chi connectivity index (χ1) is 8.29. The van der Waals surface area contributed by atoms with Crippen LogP contribution in [0.1, 0.15) is 11.3 Å². The van der Waals surface area contributed by atoms with Crippen LogP contribution < -0.4 is 4.74 Å². The molecular weight excluding hydrogens is 214 g/mol. The number of phenolic OH excluding ortho intramolecular Hbond substituents is 1. The zero-order chi connectivity index (χ0) is 12.1. The van der Waals surface area contributed by atoms with Gasteiger partial charge >= 0.3 is 0 Å². The summed E-state index contributed by atoms with van der Waals surface area (Å²) in [5, 5.41) is 9.46. The third-order valence-electron chi connectivity index (χ3n) is 2.34. The van der Waals surface area contributed by atoms with E-state index in [2.05, 4.69) is 4.98 Å². The summed E-state index contributed by atoms with van der Waals surface area (Å²) in [4.78, 5) is 4.19. The Kier molecular flexibility index (Phi) is 3.40. The predicted octanol–water partition coefficient (Wildman–Crippen LogP) is 2.97. The number of benzene rings is 1. The van der Waals surface area contributed by atoms with Crippen molar-refractivity contribution in [1.82, 2.24) is 4.98 Å². The Bertz CT molecular complexity index is 521. The van der Waals surface area contributed by atoms with Crippen LogP contribution in [-0.4, -0.2) is 17.2 Å². The normalized spacial score (nSPS) is 10.6. The fourth-order valence-electron chi connectivity index (χ4n) is 1.45. The van der Waals surface area contributed by atoms with Crippen molar-refractivity contribution in [3.05, 3.63) is 53.9 Å². The number of methoxy groups -OCH3 is 1. The summed E-state index contributed by atoms with van der Waals surface area (Å²) in [5.74, 6) is 0.607. The second-order valence-electron chi connectivity index (χ2n) is 3.52. The maximum Gasteiger partial charge on any atom is 0.161 e. The summed E-state index contributed by atoms with van der Waals surface area (Å²) in [6.07, 6.45) is 5.58. The molecule has 0 saturated heterocycles. The monoisotopic (exact) mass is 227 g/mol. The van der Waals surface area contributed by atoms with Crippen LogP contribution in [0.25, 0.3) is 12.2 Å². The molecule has 0 aliphatic rings. The van der Waals surface area contributed by atoms with E-state index in [9.17, 15) is 5.11 Å². The fraction of sp³-hybridized carbons (Fsp3) is 0.0714. The lowest BCUT2D eigenvalue weighted by molar-refractivity contribution is 0.373. The Balaban J connectivity index is 2.22. The first-order valence-electron chi connectivity index (χ1n) is 5.26. The van der Waals surface area contributed by atoms with Gasteiger partial charge in [0, 0.05) is 6.20 Å². The fourth-order valence-corrected chi connectivity index (χ4v) is 1.45. The third-order valence-corrected chi connectivity index (χ3v) is 2.34. The van der Waals surface area contributed by atoms with E-state index in [1.54, 1.807) is 18.3 Å². The van der Waals surface area contributed by atoms with Gasteiger partial charge < -0.3 is 9.84 Å². The molecule has 0 fully saturated rings. The maximum absolute atomic E-state index is 9.46. The molecule has 0 bridgehead atoms. The predicted molar refractivity (Wildman–Crippen MR) is 67.8 cm³/mol. The van der Waals surface area contributed by atoms with Crippen LogP contribution in [0, 0.1) is 0 Å². The van der Waals surface area contributed by atoms with Gasteiger partial charge in [-0.3, -0.25) is 4.98 Å². The van der Waals surface area contributed by atoms with E-state index in [-0.39, 0.29) is 5.75 Å². The molecule has 0 unspecified atom stereocenters. The van der Waals surface area contributed by atoms with Gasteiger partial charge in [0.15, 0.2) is 11.5 Å². The zero-order valence-electron chi connectivity index (χ0n) is 9.50. The summed E-state index contributed by atoms with van der Waals surface area (Å²) >= 11 is 0. The minimum Gasteiger partial charge on any atom is -0.504 e. The average molecular weight is 227 g/mol. The Morgan fingerprint density at radius 1 is 1.18 bits per heavy atom. The van der Waals surface area contributed by atoms with Crippen molar-refractivity contribution in [2.75, 3.05) is 7.11 Å². The second kappa shape index (κ2) is 5.16. The van der Waals surface area contributed by atoms with E-state index in [1.807, 2.05) is 36.4 Å². The first kappa shape index (κ1) is 11.2. The lowest BCUT2D eigenvalue weighted by atomic mass is 10.1. The van der Waals surface area contributed by atoms with Crippen LogP contribution in [0.2, 0.25) is 0 Å². The molecule has 1 aromatic heterocycles. The molecule has 1 N–H and O–H groups in total. The van der Waals surface area contributed by atoms with Gasteiger partial charge in [-0.25, -0.2) is 0 Å². The zero-order valence-corrected chi connectivity index (χ0v) is 9.50. The molecule has 2 aromatic rings. The number of nitrogens with zero attached hydrogens (tertiary/aromatic N) is 1. The highest BCUT2D eigenvalue weighted by Gasteiger charge is 2.00. The lowest BCUT2D eigenvalue weighted by Gasteiger charge is -2.03. The van der Waals surface area contributed by atoms with Crippen molar-refractivity contribution in [2.45, 2.75) is 0 Å². The summed E-state index contributed by atoms with van der Waals surface area (Å²) in [7, 11) is 1.53. The summed E-state index contributed by atoms with van der Waals surface area (Å²) in [6, 6.07) is 10.9. The van der Waals surface area contributed by atoms with Gasteiger partial charge in [-0.2, -0.15) is 0 Å². The van der Waals surface area contributed by atoms with E-state index < -0.39 is 0 Å². The minimum atomic E-state index is 0.141. The van der Waals surface area contributed by atoms with Gasteiger partial charge in [-0.15, -0.1) is 0 Å². The molecule has 0 spiro atoms. The highest BCUT2D eigenvalue weighted by atomic mass is 16.5. The number of phenols is 1. The van der Waals surface area contributed by atoms with Crippen molar-refractivity contribution in [3.63, 3.8) is 0 Å². The van der Waals surface area contributed by atoms with Gasteiger partial charge in [0.25, 0.3) is 0 Å². The van der Waals surface area contributed by atoms with E-state index >= 15 is 0 Å². The first-order valence-corrected chi connectivity index (χ1v) is 5.26. The van der Waals surface area contributed by atoms with E-state index in [0.29, 0.717) is 5.75 Å². The van der Waals surface area contributed by atoms with Crippen molar-refractivity contribution < 1.29 is 9.84 Å². The minimum absolute atomic E-state index is 0.141. The molecule has 1 heterocycles. The summed E-state index contributed by atoms with van der Waals surface area (Å²) in [6.45, 7) is 0. The summed E-state index contributed by atoms with van der Waals surface area (Å²) in [5.41, 5.74) is 1.84. The molecule has 0 aliphatic heterocycles. The van der Waals surface area contributed by atoms with Gasteiger partial charge in [0.1, 0.15) is 0 Å². The van der Waals surface area contributed by atoms with E-state index in [4.69, 9.17) is 4.74 Å². The third kappa shape index (κ3) is 2.84. The molecule has 86 valence electrons. The van der Waals surface area contributed by atoms with Crippen molar-refractivity contribution in [3.8, 4) is 11.5 Å². The highest BCUT2D eigenvalue weighted by Crippen LogP contribution is 2.26. The molecule has 0 amide bonds.